The van der Waals surface area contributed by atoms with E-state index in [0.29, 0.717) is 11.3 Å². The zero-order valence-electron chi connectivity index (χ0n) is 15.9. The van der Waals surface area contributed by atoms with Gasteiger partial charge in [-0.25, -0.2) is 4.79 Å². The van der Waals surface area contributed by atoms with E-state index in [1.807, 2.05) is 43.9 Å². The molecule has 2 aromatic rings. The minimum Gasteiger partial charge on any atom is -0.496 e. The normalized spacial score (nSPS) is 14.7. The van der Waals surface area contributed by atoms with E-state index in [1.54, 1.807) is 13.3 Å². The van der Waals surface area contributed by atoms with Crippen LogP contribution >= 0.6 is 0 Å². The quantitative estimate of drug-likeness (QED) is 0.841. The lowest BCUT2D eigenvalue weighted by Crippen LogP contribution is -2.29. The number of benzene rings is 1. The third-order valence-corrected chi connectivity index (χ3v) is 4.48. The Labute approximate surface area is 153 Å². The maximum absolute atomic E-state index is 12.6. The lowest BCUT2D eigenvalue weighted by molar-refractivity contribution is -0.129. The summed E-state index contributed by atoms with van der Waals surface area (Å²) in [5.41, 5.74) is 0.862. The Hall–Kier alpha value is -2.50. The maximum atomic E-state index is 12.6. The van der Waals surface area contributed by atoms with Gasteiger partial charge in [-0.1, -0.05) is 6.07 Å². The van der Waals surface area contributed by atoms with E-state index < -0.39 is 11.7 Å². The van der Waals surface area contributed by atoms with E-state index in [1.165, 1.54) is 4.57 Å². The summed E-state index contributed by atoms with van der Waals surface area (Å²) in [5.74, 6) is 0.727. The second-order valence-corrected chi connectivity index (χ2v) is 7.62. The number of hydrogen-bond acceptors (Lipinski definition) is 4. The van der Waals surface area contributed by atoms with Crippen LogP contribution in [0.25, 0.3) is 10.9 Å². The summed E-state index contributed by atoms with van der Waals surface area (Å²) in [6.07, 6.45) is 3.58. The molecule has 0 N–H and O–H groups in total. The number of ether oxygens (including phenoxy) is 2. The third-order valence-electron chi connectivity index (χ3n) is 4.48. The van der Waals surface area contributed by atoms with Crippen molar-refractivity contribution in [1.82, 2.24) is 9.47 Å². The molecule has 26 heavy (non-hydrogen) atoms. The fraction of sp³-hybridized carbons (Fsp3) is 0.500. The van der Waals surface area contributed by atoms with Crippen LogP contribution in [-0.2, 0) is 16.0 Å². The molecule has 1 amide bonds. The first-order valence-electron chi connectivity index (χ1n) is 8.98. The Morgan fingerprint density at radius 2 is 1.85 bits per heavy atom. The second kappa shape index (κ2) is 7.02. The molecule has 0 aliphatic carbocycles. The average molecular weight is 358 g/mol. The van der Waals surface area contributed by atoms with Gasteiger partial charge < -0.3 is 14.4 Å². The number of likely N-dealkylation sites (tertiary alicyclic amines) is 1. The summed E-state index contributed by atoms with van der Waals surface area (Å²) in [4.78, 5) is 27.1. The molecule has 0 atom stereocenters. The molecule has 0 bridgehead atoms. The van der Waals surface area contributed by atoms with E-state index in [9.17, 15) is 9.59 Å². The Morgan fingerprint density at radius 3 is 2.46 bits per heavy atom. The molecule has 2 heterocycles. The second-order valence-electron chi connectivity index (χ2n) is 7.62. The van der Waals surface area contributed by atoms with Crippen molar-refractivity contribution in [3.05, 3.63) is 30.0 Å². The highest BCUT2D eigenvalue weighted by Gasteiger charge is 2.25. The van der Waals surface area contributed by atoms with Crippen molar-refractivity contribution in [2.24, 2.45) is 0 Å². The van der Waals surface area contributed by atoms with Gasteiger partial charge >= 0.3 is 6.09 Å². The minimum absolute atomic E-state index is 0.0802. The molecule has 1 saturated heterocycles. The van der Waals surface area contributed by atoms with E-state index in [0.717, 1.165) is 36.9 Å². The number of carbonyl (C=O) groups is 2. The predicted molar refractivity (Wildman–Crippen MR) is 99.6 cm³/mol. The first kappa shape index (κ1) is 18.3. The van der Waals surface area contributed by atoms with Gasteiger partial charge in [-0.2, -0.15) is 0 Å². The highest BCUT2D eigenvalue weighted by Crippen LogP contribution is 2.32. The number of nitrogens with zero attached hydrogens (tertiary/aromatic N) is 2. The highest BCUT2D eigenvalue weighted by molar-refractivity contribution is 5.98. The summed E-state index contributed by atoms with van der Waals surface area (Å²) >= 11 is 0. The van der Waals surface area contributed by atoms with Crippen molar-refractivity contribution in [3.8, 4) is 5.75 Å². The third kappa shape index (κ3) is 3.69. The summed E-state index contributed by atoms with van der Waals surface area (Å²) in [6.45, 7) is 7.10. The number of carbonyl (C=O) groups excluding carboxylic acids is 2. The van der Waals surface area contributed by atoms with Crippen LogP contribution < -0.4 is 4.74 Å². The fourth-order valence-electron chi connectivity index (χ4n) is 3.34. The van der Waals surface area contributed by atoms with Gasteiger partial charge in [0.15, 0.2) is 0 Å². The highest BCUT2D eigenvalue weighted by atomic mass is 16.6. The van der Waals surface area contributed by atoms with Crippen LogP contribution in [0.3, 0.4) is 0 Å². The van der Waals surface area contributed by atoms with Crippen molar-refractivity contribution in [2.45, 2.75) is 45.6 Å². The van der Waals surface area contributed by atoms with Gasteiger partial charge in [-0.05, 0) is 51.3 Å². The molecule has 6 heteroatoms. The number of fused-ring (bicyclic) bond motifs is 1. The average Bonchev–Trinajstić information content (AvgIpc) is 3.21. The molecule has 1 aromatic carbocycles. The van der Waals surface area contributed by atoms with Crippen LogP contribution in [-0.4, -0.2) is 47.3 Å². The smallest absolute Gasteiger partial charge is 0.419 e. The topological polar surface area (TPSA) is 60.8 Å². The Morgan fingerprint density at radius 1 is 1.15 bits per heavy atom. The Balaban J connectivity index is 2.01. The Bertz CT molecular complexity index is 826. The SMILES string of the molecule is COc1cccc2c1c(CC(=O)N1CCCC1)cn2C(=O)OC(C)(C)C. The summed E-state index contributed by atoms with van der Waals surface area (Å²) < 4.78 is 12.5. The number of hydrogen-bond donors (Lipinski definition) is 0. The molecule has 1 fully saturated rings. The Kier molecular flexibility index (Phi) is 4.94. The zero-order valence-corrected chi connectivity index (χ0v) is 15.9. The van der Waals surface area contributed by atoms with Gasteiger partial charge in [0, 0.05) is 24.7 Å². The van der Waals surface area contributed by atoms with Crippen LogP contribution in [0.15, 0.2) is 24.4 Å². The monoisotopic (exact) mass is 358 g/mol. The number of rotatable bonds is 3. The number of amides is 1. The van der Waals surface area contributed by atoms with E-state index >= 15 is 0 Å². The van der Waals surface area contributed by atoms with Crippen molar-refractivity contribution in [2.75, 3.05) is 20.2 Å². The first-order valence-corrected chi connectivity index (χ1v) is 8.98. The van der Waals surface area contributed by atoms with E-state index in [4.69, 9.17) is 9.47 Å². The van der Waals surface area contributed by atoms with Crippen LogP contribution in [0, 0.1) is 0 Å². The summed E-state index contributed by atoms with van der Waals surface area (Å²) in [6, 6.07) is 5.51. The summed E-state index contributed by atoms with van der Waals surface area (Å²) in [7, 11) is 1.59. The maximum Gasteiger partial charge on any atom is 0.419 e. The molecule has 1 aliphatic heterocycles. The molecule has 0 unspecified atom stereocenters. The molecular formula is C20H26N2O4. The lowest BCUT2D eigenvalue weighted by atomic mass is 10.1. The number of methoxy groups -OCH3 is 1. The number of aromatic nitrogens is 1. The van der Waals surface area contributed by atoms with Crippen LogP contribution in [0.2, 0.25) is 0 Å². The molecule has 3 rings (SSSR count). The van der Waals surface area contributed by atoms with Crippen molar-refractivity contribution >= 4 is 22.9 Å². The molecule has 0 spiro atoms. The first-order chi connectivity index (χ1) is 12.3. The predicted octanol–water partition coefficient (Wildman–Crippen LogP) is 3.60. The van der Waals surface area contributed by atoms with Crippen LogP contribution in [0.1, 0.15) is 39.2 Å². The van der Waals surface area contributed by atoms with E-state index in [2.05, 4.69) is 0 Å². The molecule has 6 nitrogen and oxygen atoms in total. The largest absolute Gasteiger partial charge is 0.496 e. The van der Waals surface area contributed by atoms with Gasteiger partial charge in [-0.15, -0.1) is 0 Å². The fourth-order valence-corrected chi connectivity index (χ4v) is 3.34. The lowest BCUT2D eigenvalue weighted by Gasteiger charge is -2.19. The standard InChI is InChI=1S/C20H26N2O4/c1-20(2,3)26-19(24)22-13-14(12-17(23)21-10-5-6-11-21)18-15(22)8-7-9-16(18)25-4/h7-9,13H,5-6,10-12H2,1-4H3. The molecule has 0 radical (unpaired) electrons. The van der Waals surface area contributed by atoms with Gasteiger partial charge in [0.25, 0.3) is 0 Å². The molecule has 1 aliphatic rings. The molecule has 0 saturated carbocycles. The van der Waals surface area contributed by atoms with Crippen molar-refractivity contribution in [3.63, 3.8) is 0 Å². The molecule has 140 valence electrons. The van der Waals surface area contributed by atoms with Gasteiger partial charge in [0.05, 0.1) is 19.0 Å². The van der Waals surface area contributed by atoms with Gasteiger partial charge in [-0.3, -0.25) is 9.36 Å². The van der Waals surface area contributed by atoms with Gasteiger partial charge in [0.2, 0.25) is 5.91 Å². The van der Waals surface area contributed by atoms with Crippen LogP contribution in [0.4, 0.5) is 4.79 Å². The molecular weight excluding hydrogens is 332 g/mol. The van der Waals surface area contributed by atoms with Gasteiger partial charge in [0.1, 0.15) is 11.4 Å². The van der Waals surface area contributed by atoms with Crippen LogP contribution in [0.5, 0.6) is 5.75 Å². The molecule has 1 aromatic heterocycles. The minimum atomic E-state index is -0.599. The van der Waals surface area contributed by atoms with Crippen molar-refractivity contribution < 1.29 is 19.1 Å². The van der Waals surface area contributed by atoms with E-state index in [-0.39, 0.29) is 12.3 Å². The summed E-state index contributed by atoms with van der Waals surface area (Å²) in [5, 5.41) is 0.786. The van der Waals surface area contributed by atoms with Crippen molar-refractivity contribution in [1.29, 1.82) is 0 Å². The zero-order chi connectivity index (χ0) is 18.9.